The lowest BCUT2D eigenvalue weighted by atomic mass is 9.91. The molecule has 0 saturated heterocycles. The molecule has 0 N–H and O–H groups in total. The largest absolute Gasteiger partial charge is 0.313 e. The van der Waals surface area contributed by atoms with Gasteiger partial charge in [-0.3, -0.25) is 0 Å². The molecule has 0 spiro atoms. The van der Waals surface area contributed by atoms with Gasteiger partial charge in [-0.05, 0) is 147 Å². The zero-order chi connectivity index (χ0) is 50.1. The van der Waals surface area contributed by atoms with Crippen molar-refractivity contribution in [2.24, 2.45) is 0 Å². The van der Waals surface area contributed by atoms with E-state index in [4.69, 9.17) is 9.97 Å². The van der Waals surface area contributed by atoms with Crippen LogP contribution in [0.4, 0.5) is 0 Å². The van der Waals surface area contributed by atoms with E-state index in [2.05, 4.69) is 276 Å². The van der Waals surface area contributed by atoms with Gasteiger partial charge in [0, 0.05) is 49.9 Å². The first-order chi connectivity index (χ1) is 37.6. The van der Waals surface area contributed by atoms with Gasteiger partial charge in [0.05, 0.1) is 39.0 Å². The Kier molecular flexibility index (Phi) is 10.3. The topological polar surface area (TPSA) is 35.6 Å². The Morgan fingerprint density at radius 1 is 0.289 bits per heavy atom. The summed E-state index contributed by atoms with van der Waals surface area (Å²) in [6.07, 6.45) is 4.35. The van der Waals surface area contributed by atoms with Crippen LogP contribution in [0.5, 0.6) is 0 Å². The van der Waals surface area contributed by atoms with Crippen molar-refractivity contribution in [1.82, 2.24) is 19.1 Å². The van der Waals surface area contributed by atoms with Crippen molar-refractivity contribution in [2.45, 2.75) is 12.8 Å². The standard InChI is InChI=1S/C72H48N4/c1-5-15-47(16-6-1)55-29-37-67-61(41-55)62-42-56(48-17-7-2-8-18-48)30-38-68(62)75(67)59-33-25-51(26-34-59)71-72(74-66-46-54-24-14-13-23-53(54)45-65(66)73-71)52-27-35-60(36-28-52)76-69-39-31-57(49-19-9-3-10-20-49)43-63(69)64-44-58(32-40-70(64)76)50-21-11-4-12-22-50/h1-31,33-39,41-46H,32,40H2. The lowest BCUT2D eigenvalue weighted by Gasteiger charge is -2.18. The molecule has 0 saturated carbocycles. The number of aromatic nitrogens is 4. The average molecular weight is 969 g/mol. The van der Waals surface area contributed by atoms with E-state index >= 15 is 0 Å². The first kappa shape index (κ1) is 43.7. The number of nitrogens with zero attached hydrogens (tertiary/aromatic N) is 4. The Labute approximate surface area is 440 Å². The molecule has 4 heteroatoms. The molecule has 1 aliphatic rings. The monoisotopic (exact) mass is 968 g/mol. The van der Waals surface area contributed by atoms with E-state index < -0.39 is 0 Å². The number of benzene rings is 11. The summed E-state index contributed by atoms with van der Waals surface area (Å²) in [7, 11) is 0. The molecule has 356 valence electrons. The maximum absolute atomic E-state index is 5.50. The molecule has 0 atom stereocenters. The van der Waals surface area contributed by atoms with E-state index in [1.165, 1.54) is 77.5 Å². The maximum Gasteiger partial charge on any atom is 0.0973 e. The lowest BCUT2D eigenvalue weighted by molar-refractivity contribution is 0.898. The van der Waals surface area contributed by atoms with E-state index in [1.807, 2.05) is 0 Å². The number of allylic oxidation sites excluding steroid dienone is 1. The summed E-state index contributed by atoms with van der Waals surface area (Å²) in [4.78, 5) is 11.0. The first-order valence-electron chi connectivity index (χ1n) is 26.3. The molecule has 14 aromatic rings. The van der Waals surface area contributed by atoms with E-state index in [0.29, 0.717) is 0 Å². The minimum absolute atomic E-state index is 0.847. The molecule has 0 fully saturated rings. The van der Waals surface area contributed by atoms with Gasteiger partial charge in [0.15, 0.2) is 0 Å². The summed E-state index contributed by atoms with van der Waals surface area (Å²) in [5.74, 6) is 0. The molecular formula is C72H48N4. The third-order valence-corrected chi connectivity index (χ3v) is 15.6. The van der Waals surface area contributed by atoms with E-state index in [0.717, 1.165) is 79.6 Å². The smallest absolute Gasteiger partial charge is 0.0973 e. The third-order valence-electron chi connectivity index (χ3n) is 15.6. The highest BCUT2D eigenvalue weighted by molar-refractivity contribution is 6.12. The lowest BCUT2D eigenvalue weighted by Crippen LogP contribution is -2.05. The fraction of sp³-hybridized carbons (Fsp3) is 0.0278. The molecule has 0 radical (unpaired) electrons. The predicted molar refractivity (Wildman–Crippen MR) is 318 cm³/mol. The molecule has 1 aliphatic carbocycles. The zero-order valence-corrected chi connectivity index (χ0v) is 41.6. The van der Waals surface area contributed by atoms with Gasteiger partial charge in [0.1, 0.15) is 0 Å². The van der Waals surface area contributed by atoms with Crippen LogP contribution in [0.2, 0.25) is 0 Å². The molecule has 0 amide bonds. The Bertz CT molecular complexity index is 4470. The highest BCUT2D eigenvalue weighted by Crippen LogP contribution is 2.42. The van der Waals surface area contributed by atoms with Crippen LogP contribution in [-0.4, -0.2) is 19.1 Å². The summed E-state index contributed by atoms with van der Waals surface area (Å²) in [5.41, 5.74) is 23.7. The van der Waals surface area contributed by atoms with Crippen LogP contribution in [0.25, 0.3) is 133 Å². The molecule has 15 rings (SSSR count). The highest BCUT2D eigenvalue weighted by atomic mass is 15.0. The van der Waals surface area contributed by atoms with Gasteiger partial charge < -0.3 is 9.13 Å². The average Bonchev–Trinajstić information content (AvgIpc) is 4.10. The van der Waals surface area contributed by atoms with E-state index in [1.54, 1.807) is 0 Å². The molecular weight excluding hydrogens is 921 g/mol. The second-order valence-electron chi connectivity index (χ2n) is 20.1. The zero-order valence-electron chi connectivity index (χ0n) is 41.6. The number of hydrogen-bond acceptors (Lipinski definition) is 2. The van der Waals surface area contributed by atoms with Crippen molar-refractivity contribution in [1.29, 1.82) is 0 Å². The normalized spacial score (nSPS) is 12.4. The molecule has 11 aromatic carbocycles. The third kappa shape index (κ3) is 7.45. The van der Waals surface area contributed by atoms with E-state index in [-0.39, 0.29) is 0 Å². The second kappa shape index (κ2) is 17.9. The molecule has 0 unspecified atom stereocenters. The number of hydrogen-bond donors (Lipinski definition) is 0. The molecule has 76 heavy (non-hydrogen) atoms. The van der Waals surface area contributed by atoms with Gasteiger partial charge in [-0.25, -0.2) is 9.97 Å². The number of fused-ring (bicyclic) bond motifs is 8. The molecule has 0 aliphatic heterocycles. The summed E-state index contributed by atoms with van der Waals surface area (Å²) in [6.45, 7) is 0. The van der Waals surface area contributed by atoms with Crippen LogP contribution in [0.3, 0.4) is 0 Å². The minimum Gasteiger partial charge on any atom is -0.313 e. The highest BCUT2D eigenvalue weighted by Gasteiger charge is 2.24. The fourth-order valence-electron chi connectivity index (χ4n) is 11.9. The van der Waals surface area contributed by atoms with Crippen molar-refractivity contribution in [3.05, 3.63) is 278 Å². The van der Waals surface area contributed by atoms with Crippen molar-refractivity contribution in [2.75, 3.05) is 0 Å². The SMILES string of the molecule is C1=C(c2ccccc2)CCc2c1c1cc(-c3ccccc3)ccc1n2-c1ccc(-c2nc3cc4ccccc4cc3nc2-c2ccc(-n3c4ccc(-c5ccccc5)cc4c4cc(-c5ccccc5)ccc43)cc2)cc1. The Morgan fingerprint density at radius 2 is 0.671 bits per heavy atom. The van der Waals surface area contributed by atoms with Crippen molar-refractivity contribution in [3.63, 3.8) is 0 Å². The summed E-state index contributed by atoms with van der Waals surface area (Å²) in [5, 5.41) is 5.99. The van der Waals surface area contributed by atoms with Gasteiger partial charge in [-0.15, -0.1) is 0 Å². The summed E-state index contributed by atoms with van der Waals surface area (Å²) >= 11 is 0. The van der Waals surface area contributed by atoms with Gasteiger partial charge in [-0.1, -0.05) is 188 Å². The molecule has 0 bridgehead atoms. The Balaban J connectivity index is 0.858. The van der Waals surface area contributed by atoms with Crippen molar-refractivity contribution < 1.29 is 0 Å². The second-order valence-corrected chi connectivity index (χ2v) is 20.1. The quantitative estimate of drug-likeness (QED) is 0.142. The van der Waals surface area contributed by atoms with Gasteiger partial charge in [0.25, 0.3) is 0 Å². The van der Waals surface area contributed by atoms with Crippen LogP contribution in [0, 0.1) is 0 Å². The van der Waals surface area contributed by atoms with Gasteiger partial charge in [0.2, 0.25) is 0 Å². The van der Waals surface area contributed by atoms with Crippen LogP contribution in [0.15, 0.2) is 261 Å². The molecule has 4 nitrogen and oxygen atoms in total. The van der Waals surface area contributed by atoms with Crippen LogP contribution < -0.4 is 0 Å². The van der Waals surface area contributed by atoms with Crippen molar-refractivity contribution in [3.8, 4) is 67.3 Å². The summed E-state index contributed by atoms with van der Waals surface area (Å²) in [6, 6.07) is 94.4. The van der Waals surface area contributed by atoms with Crippen LogP contribution in [0.1, 0.15) is 23.2 Å². The minimum atomic E-state index is 0.847. The number of rotatable bonds is 8. The maximum atomic E-state index is 5.50. The summed E-state index contributed by atoms with van der Waals surface area (Å²) < 4.78 is 4.89. The molecule has 3 aromatic heterocycles. The first-order valence-corrected chi connectivity index (χ1v) is 26.3. The Morgan fingerprint density at radius 3 is 1.13 bits per heavy atom. The predicted octanol–water partition coefficient (Wildman–Crippen LogP) is 18.6. The van der Waals surface area contributed by atoms with Crippen LogP contribution >= 0.6 is 0 Å². The van der Waals surface area contributed by atoms with E-state index in [9.17, 15) is 0 Å². The van der Waals surface area contributed by atoms with Crippen LogP contribution in [-0.2, 0) is 6.42 Å². The molecule has 3 heterocycles. The van der Waals surface area contributed by atoms with Gasteiger partial charge in [-0.2, -0.15) is 0 Å². The Hall–Kier alpha value is -9.90. The van der Waals surface area contributed by atoms with Crippen molar-refractivity contribution >= 4 is 66.2 Å². The van der Waals surface area contributed by atoms with Gasteiger partial charge >= 0.3 is 0 Å². The fourth-order valence-corrected chi connectivity index (χ4v) is 11.9.